The molecule has 6 nitrogen and oxygen atoms in total. The van der Waals surface area contributed by atoms with Crippen LogP contribution >= 0.6 is 11.6 Å². The Morgan fingerprint density at radius 2 is 1.91 bits per heavy atom. The van der Waals surface area contributed by atoms with Gasteiger partial charge in [0.2, 0.25) is 0 Å². The maximum absolute atomic E-state index is 13.4. The second-order valence-corrected chi connectivity index (χ2v) is 8.11. The van der Waals surface area contributed by atoms with E-state index in [1.807, 2.05) is 6.92 Å². The van der Waals surface area contributed by atoms with Gasteiger partial charge in [0.1, 0.15) is 17.6 Å². The highest BCUT2D eigenvalue weighted by Gasteiger charge is 2.40. The van der Waals surface area contributed by atoms with Crippen LogP contribution < -0.4 is 10.6 Å². The summed E-state index contributed by atoms with van der Waals surface area (Å²) in [4.78, 5) is 38.1. The highest BCUT2D eigenvalue weighted by atomic mass is 35.5. The average molecular weight is 474 g/mol. The van der Waals surface area contributed by atoms with Crippen molar-refractivity contribution in [3.63, 3.8) is 0 Å². The van der Waals surface area contributed by atoms with Gasteiger partial charge >= 0.3 is 6.18 Å². The molecule has 2 N–H and O–H groups in total. The number of carbonyl (C=O) groups is 3. The summed E-state index contributed by atoms with van der Waals surface area (Å²) in [6.45, 7) is 4.01. The minimum absolute atomic E-state index is 0.0801. The Balaban J connectivity index is 1.96. The van der Waals surface area contributed by atoms with Gasteiger partial charge in [-0.25, -0.2) is 4.39 Å². The Kier molecular flexibility index (Phi) is 6.37. The van der Waals surface area contributed by atoms with Gasteiger partial charge in [-0.15, -0.1) is 0 Å². The monoisotopic (exact) mass is 473 g/mol. The van der Waals surface area contributed by atoms with Crippen LogP contribution in [0.3, 0.4) is 0 Å². The molecule has 1 aliphatic heterocycles. The summed E-state index contributed by atoms with van der Waals surface area (Å²) < 4.78 is 53.3. The van der Waals surface area contributed by atoms with Gasteiger partial charge in [0, 0.05) is 17.4 Å². The third-order valence-electron chi connectivity index (χ3n) is 5.45. The molecule has 0 radical (unpaired) electrons. The normalized spacial score (nSPS) is 16.4. The van der Waals surface area contributed by atoms with Crippen molar-refractivity contribution in [2.75, 3.05) is 5.32 Å². The number of hydrogen-bond acceptors (Lipinski definition) is 3. The highest BCUT2D eigenvalue weighted by molar-refractivity contribution is 6.43. The minimum Gasteiger partial charge on any atom is -0.338 e. The lowest BCUT2D eigenvalue weighted by atomic mass is 10.0. The predicted molar refractivity (Wildman–Crippen MR) is 110 cm³/mol. The van der Waals surface area contributed by atoms with Crippen LogP contribution in [0.4, 0.5) is 23.2 Å². The molecule has 3 rings (SSSR count). The molecule has 1 aliphatic rings. The van der Waals surface area contributed by atoms with Crippen molar-refractivity contribution in [3.8, 4) is 0 Å². The summed E-state index contributed by atoms with van der Waals surface area (Å²) in [5.41, 5.74) is 0.828. The van der Waals surface area contributed by atoms with E-state index in [9.17, 15) is 31.9 Å². The molecule has 2 heterocycles. The van der Waals surface area contributed by atoms with E-state index in [0.29, 0.717) is 18.5 Å². The number of nitrogens with one attached hydrogen (secondary N) is 2. The highest BCUT2D eigenvalue weighted by Crippen LogP contribution is 2.36. The van der Waals surface area contributed by atoms with Crippen molar-refractivity contribution in [2.45, 2.75) is 51.9 Å². The first-order valence-electron chi connectivity index (χ1n) is 9.74. The fourth-order valence-corrected chi connectivity index (χ4v) is 3.96. The first-order chi connectivity index (χ1) is 14.8. The SMILES string of the molecule is Cc1c(C(=O)C(=O)NC(C)C(F)(F)F)c2n(c1C(=O)Nc1ccc(F)c(Cl)c1)[C@H](C)CC2. The van der Waals surface area contributed by atoms with E-state index in [1.54, 1.807) is 9.88 Å². The summed E-state index contributed by atoms with van der Waals surface area (Å²) in [6, 6.07) is 1.22. The lowest BCUT2D eigenvalue weighted by Gasteiger charge is -2.16. The number of fused-ring (bicyclic) bond motifs is 1. The van der Waals surface area contributed by atoms with Crippen molar-refractivity contribution in [2.24, 2.45) is 0 Å². The van der Waals surface area contributed by atoms with E-state index in [0.717, 1.165) is 13.0 Å². The zero-order valence-electron chi connectivity index (χ0n) is 17.4. The van der Waals surface area contributed by atoms with Crippen LogP contribution in [0.2, 0.25) is 5.02 Å². The van der Waals surface area contributed by atoms with Crippen LogP contribution in [0.25, 0.3) is 0 Å². The zero-order valence-corrected chi connectivity index (χ0v) is 18.1. The van der Waals surface area contributed by atoms with Crippen LogP contribution in [-0.2, 0) is 11.2 Å². The third kappa shape index (κ3) is 4.36. The first kappa shape index (κ1) is 23.8. The van der Waals surface area contributed by atoms with Gasteiger partial charge in [0.15, 0.2) is 0 Å². The van der Waals surface area contributed by atoms with Crippen molar-refractivity contribution in [3.05, 3.63) is 51.6 Å². The summed E-state index contributed by atoms with van der Waals surface area (Å²) in [5.74, 6) is -3.82. The molecule has 0 aliphatic carbocycles. The number of alkyl halides is 3. The smallest absolute Gasteiger partial charge is 0.338 e. The Morgan fingerprint density at radius 3 is 2.50 bits per heavy atom. The number of nitrogens with zero attached hydrogens (tertiary/aromatic N) is 1. The number of ketones is 1. The quantitative estimate of drug-likeness (QED) is 0.378. The van der Waals surface area contributed by atoms with Gasteiger partial charge in [-0.05, 0) is 57.4 Å². The molecule has 0 spiro atoms. The number of halogens is 5. The number of Topliss-reactive ketones (excluding diaryl/α,β-unsaturated/α-hetero) is 1. The molecular formula is C21H20ClF4N3O3. The largest absolute Gasteiger partial charge is 0.408 e. The van der Waals surface area contributed by atoms with E-state index in [4.69, 9.17) is 11.6 Å². The number of carbonyl (C=O) groups excluding carboxylic acids is 3. The van der Waals surface area contributed by atoms with Gasteiger partial charge in [0.25, 0.3) is 17.6 Å². The van der Waals surface area contributed by atoms with Gasteiger partial charge in [-0.3, -0.25) is 14.4 Å². The fraction of sp³-hybridized carbons (Fsp3) is 0.381. The van der Waals surface area contributed by atoms with E-state index < -0.39 is 35.6 Å². The number of anilines is 1. The van der Waals surface area contributed by atoms with Gasteiger partial charge in [0.05, 0.1) is 10.6 Å². The van der Waals surface area contributed by atoms with Crippen molar-refractivity contribution >= 4 is 34.9 Å². The summed E-state index contributed by atoms with van der Waals surface area (Å²) in [7, 11) is 0. The molecule has 172 valence electrons. The molecule has 2 aromatic rings. The Hall–Kier alpha value is -2.88. The number of amides is 2. The van der Waals surface area contributed by atoms with E-state index >= 15 is 0 Å². The Morgan fingerprint density at radius 1 is 1.25 bits per heavy atom. The molecular weight excluding hydrogens is 454 g/mol. The van der Waals surface area contributed by atoms with Crippen LogP contribution in [0, 0.1) is 12.7 Å². The second-order valence-electron chi connectivity index (χ2n) is 7.70. The molecule has 11 heteroatoms. The number of benzene rings is 1. The molecule has 0 saturated heterocycles. The molecule has 2 amide bonds. The first-order valence-corrected chi connectivity index (χ1v) is 10.1. The van der Waals surface area contributed by atoms with Crippen molar-refractivity contribution in [1.82, 2.24) is 9.88 Å². The number of aromatic nitrogens is 1. The van der Waals surface area contributed by atoms with Crippen LogP contribution in [0.5, 0.6) is 0 Å². The van der Waals surface area contributed by atoms with Crippen LogP contribution in [0.1, 0.15) is 58.4 Å². The van der Waals surface area contributed by atoms with E-state index in [-0.39, 0.29) is 33.6 Å². The average Bonchev–Trinajstić information content (AvgIpc) is 3.19. The summed E-state index contributed by atoms with van der Waals surface area (Å²) >= 11 is 5.74. The minimum atomic E-state index is -4.70. The lowest BCUT2D eigenvalue weighted by molar-refractivity contribution is -0.156. The topological polar surface area (TPSA) is 80.2 Å². The molecule has 1 aromatic carbocycles. The van der Waals surface area contributed by atoms with Gasteiger partial charge in [-0.1, -0.05) is 11.6 Å². The standard InChI is InChI=1S/C21H20ClF4N3O3/c1-9-4-7-15-16(18(30)20(32)27-11(3)21(24,25)26)10(2)17(29(9)15)19(31)28-12-5-6-14(23)13(22)8-12/h5-6,8-9,11H,4,7H2,1-3H3,(H,27,32)(H,28,31)/t9-,11?/m1/s1. The van der Waals surface area contributed by atoms with Crippen LogP contribution in [-0.4, -0.2) is 34.4 Å². The molecule has 32 heavy (non-hydrogen) atoms. The van der Waals surface area contributed by atoms with Gasteiger partial charge in [-0.2, -0.15) is 13.2 Å². The Labute approximate surface area is 185 Å². The maximum Gasteiger partial charge on any atom is 0.408 e. The zero-order chi connectivity index (χ0) is 24.0. The summed E-state index contributed by atoms with van der Waals surface area (Å²) in [5, 5.41) is 4.05. The van der Waals surface area contributed by atoms with E-state index in [2.05, 4.69) is 5.32 Å². The van der Waals surface area contributed by atoms with E-state index in [1.165, 1.54) is 19.1 Å². The summed E-state index contributed by atoms with van der Waals surface area (Å²) in [6.07, 6.45) is -3.75. The Bertz CT molecular complexity index is 1110. The molecule has 2 atom stereocenters. The maximum atomic E-state index is 13.4. The van der Waals surface area contributed by atoms with Gasteiger partial charge < -0.3 is 15.2 Å². The van der Waals surface area contributed by atoms with Crippen molar-refractivity contribution in [1.29, 1.82) is 0 Å². The number of rotatable bonds is 5. The molecule has 1 unspecified atom stereocenters. The number of hydrogen-bond donors (Lipinski definition) is 2. The molecule has 0 bridgehead atoms. The second kappa shape index (κ2) is 8.57. The fourth-order valence-electron chi connectivity index (χ4n) is 3.78. The molecule has 0 saturated carbocycles. The predicted octanol–water partition coefficient (Wildman–Crippen LogP) is 4.60. The molecule has 1 aromatic heterocycles. The van der Waals surface area contributed by atoms with Crippen LogP contribution in [0.15, 0.2) is 18.2 Å². The van der Waals surface area contributed by atoms with Crippen molar-refractivity contribution < 1.29 is 31.9 Å². The third-order valence-corrected chi connectivity index (χ3v) is 5.74. The molecule has 0 fully saturated rings. The lowest BCUT2D eigenvalue weighted by Crippen LogP contribution is -2.46.